The third-order valence-electron chi connectivity index (χ3n) is 3.88. The number of hydrogen-bond acceptors (Lipinski definition) is 3. The first-order chi connectivity index (χ1) is 8.63. The number of nitrogen functional groups attached to an aromatic ring is 1. The van der Waals surface area contributed by atoms with E-state index in [9.17, 15) is 4.39 Å². The Morgan fingerprint density at radius 3 is 2.94 bits per heavy atom. The van der Waals surface area contributed by atoms with Crippen molar-refractivity contribution in [3.63, 3.8) is 0 Å². The summed E-state index contributed by atoms with van der Waals surface area (Å²) in [5.74, 6) is 0.307. The minimum Gasteiger partial charge on any atom is -0.397 e. The Bertz CT molecular complexity index is 469. The van der Waals surface area contributed by atoms with Gasteiger partial charge in [0.15, 0.2) is 0 Å². The van der Waals surface area contributed by atoms with Gasteiger partial charge >= 0.3 is 0 Å². The molecule has 0 radical (unpaired) electrons. The molecule has 3 atom stereocenters. The molecule has 2 aliphatic rings. The molecule has 1 aromatic rings. The van der Waals surface area contributed by atoms with Crippen molar-refractivity contribution < 1.29 is 9.13 Å². The van der Waals surface area contributed by atoms with E-state index in [1.54, 1.807) is 6.07 Å². The van der Waals surface area contributed by atoms with E-state index in [2.05, 4.69) is 5.32 Å². The summed E-state index contributed by atoms with van der Waals surface area (Å²) in [7, 11) is 0. The molecule has 3 unspecified atom stereocenters. The molecule has 2 fully saturated rings. The molecule has 2 saturated heterocycles. The highest BCUT2D eigenvalue weighted by Gasteiger charge is 2.40. The summed E-state index contributed by atoms with van der Waals surface area (Å²) in [5, 5.41) is 3.26. The average Bonchev–Trinajstić information content (AvgIpc) is 2.94. The number of ether oxygens (including phenoxy) is 1. The quantitative estimate of drug-likeness (QED) is 0.642. The fourth-order valence-electron chi connectivity index (χ4n) is 2.91. The number of nitrogens with one attached hydrogen (secondary N) is 1. The smallest absolute Gasteiger partial charge is 0.138 e. The van der Waals surface area contributed by atoms with E-state index >= 15 is 0 Å². The van der Waals surface area contributed by atoms with Crippen LogP contribution in [0, 0.1) is 15.3 Å². The van der Waals surface area contributed by atoms with Crippen molar-refractivity contribution in [3.05, 3.63) is 21.5 Å². The van der Waals surface area contributed by atoms with Gasteiger partial charge in [0.05, 0.1) is 27.2 Å². The van der Waals surface area contributed by atoms with Gasteiger partial charge in [-0.15, -0.1) is 0 Å². The first kappa shape index (κ1) is 12.5. The maximum atomic E-state index is 13.5. The Labute approximate surface area is 119 Å². The normalized spacial score (nSPS) is 29.8. The summed E-state index contributed by atoms with van der Waals surface area (Å²) in [6.45, 7) is 0.811. The van der Waals surface area contributed by atoms with Crippen LogP contribution in [0.2, 0.25) is 0 Å². The molecular formula is C13H16FIN2O. The lowest BCUT2D eigenvalue weighted by Gasteiger charge is -2.20. The van der Waals surface area contributed by atoms with E-state index in [0.29, 0.717) is 33.1 Å². The number of fused-ring (bicyclic) bond motifs is 2. The first-order valence-electron chi connectivity index (χ1n) is 6.27. The second kappa shape index (κ2) is 4.85. The lowest BCUT2D eigenvalue weighted by molar-refractivity contribution is 0.0942. The number of nitrogens with two attached hydrogens (primary N) is 1. The van der Waals surface area contributed by atoms with Crippen LogP contribution in [0.15, 0.2) is 12.1 Å². The number of benzene rings is 1. The minimum atomic E-state index is -0.225. The maximum Gasteiger partial charge on any atom is 0.138 e. The molecule has 0 aliphatic carbocycles. The van der Waals surface area contributed by atoms with Crippen molar-refractivity contribution in [1.29, 1.82) is 0 Å². The minimum absolute atomic E-state index is 0.225. The van der Waals surface area contributed by atoms with Crippen LogP contribution in [-0.2, 0) is 4.74 Å². The predicted octanol–water partition coefficient (Wildman–Crippen LogP) is 2.99. The summed E-state index contributed by atoms with van der Waals surface area (Å²) in [5.41, 5.74) is 7.18. The highest BCUT2D eigenvalue weighted by atomic mass is 127. The summed E-state index contributed by atoms with van der Waals surface area (Å²) < 4.78 is 19.8. The molecular weight excluding hydrogens is 346 g/mol. The lowest BCUT2D eigenvalue weighted by Crippen LogP contribution is -2.24. The van der Waals surface area contributed by atoms with E-state index in [4.69, 9.17) is 10.5 Å². The summed E-state index contributed by atoms with van der Waals surface area (Å²) in [4.78, 5) is 0. The van der Waals surface area contributed by atoms with Gasteiger partial charge in [0.1, 0.15) is 5.82 Å². The molecule has 1 aromatic carbocycles. The van der Waals surface area contributed by atoms with Crippen LogP contribution in [0.1, 0.15) is 19.3 Å². The van der Waals surface area contributed by atoms with Gasteiger partial charge in [-0.25, -0.2) is 4.39 Å². The molecule has 3 rings (SSSR count). The summed E-state index contributed by atoms with van der Waals surface area (Å²) >= 11 is 1.95. The monoisotopic (exact) mass is 362 g/mol. The number of halogens is 2. The summed E-state index contributed by atoms with van der Waals surface area (Å²) in [6, 6.07) is 3.14. The molecule has 2 heterocycles. The van der Waals surface area contributed by atoms with Crippen LogP contribution >= 0.6 is 22.6 Å². The molecule has 2 aliphatic heterocycles. The van der Waals surface area contributed by atoms with Gasteiger partial charge in [-0.3, -0.25) is 0 Å². The number of anilines is 2. The van der Waals surface area contributed by atoms with E-state index in [1.807, 2.05) is 22.6 Å². The second-order valence-corrected chi connectivity index (χ2v) is 6.27. The van der Waals surface area contributed by atoms with Crippen LogP contribution in [0.5, 0.6) is 0 Å². The molecule has 0 aromatic heterocycles. The van der Waals surface area contributed by atoms with Gasteiger partial charge in [0.2, 0.25) is 0 Å². The zero-order valence-corrected chi connectivity index (χ0v) is 12.1. The van der Waals surface area contributed by atoms with Crippen molar-refractivity contribution in [3.8, 4) is 0 Å². The van der Waals surface area contributed by atoms with Crippen molar-refractivity contribution in [2.75, 3.05) is 17.6 Å². The maximum absolute atomic E-state index is 13.5. The van der Waals surface area contributed by atoms with Gasteiger partial charge < -0.3 is 15.8 Å². The number of hydrogen-bond donors (Lipinski definition) is 2. The van der Waals surface area contributed by atoms with E-state index in [-0.39, 0.29) is 5.82 Å². The van der Waals surface area contributed by atoms with Gasteiger partial charge in [0, 0.05) is 18.5 Å². The van der Waals surface area contributed by atoms with Crippen LogP contribution in [0.4, 0.5) is 15.8 Å². The Kier molecular flexibility index (Phi) is 3.36. The fourth-order valence-corrected chi connectivity index (χ4v) is 3.41. The topological polar surface area (TPSA) is 47.3 Å². The van der Waals surface area contributed by atoms with E-state index in [1.165, 1.54) is 12.5 Å². The third-order valence-corrected chi connectivity index (χ3v) is 4.71. The van der Waals surface area contributed by atoms with Crippen LogP contribution in [0.25, 0.3) is 0 Å². The molecule has 0 saturated carbocycles. The molecule has 18 heavy (non-hydrogen) atoms. The molecule has 0 spiro atoms. The highest BCUT2D eigenvalue weighted by Crippen LogP contribution is 2.39. The Morgan fingerprint density at radius 2 is 2.28 bits per heavy atom. The SMILES string of the molecule is Nc1cc(I)c(F)cc1NCC1CC2CCC1O2. The van der Waals surface area contributed by atoms with E-state index in [0.717, 1.165) is 19.4 Å². The summed E-state index contributed by atoms with van der Waals surface area (Å²) in [6.07, 6.45) is 4.31. The molecule has 3 N–H and O–H groups in total. The van der Waals surface area contributed by atoms with Gasteiger partial charge in [0.25, 0.3) is 0 Å². The molecule has 98 valence electrons. The molecule has 5 heteroatoms. The van der Waals surface area contributed by atoms with Gasteiger partial charge in [-0.2, -0.15) is 0 Å². The van der Waals surface area contributed by atoms with Gasteiger partial charge in [-0.1, -0.05) is 0 Å². The third kappa shape index (κ3) is 2.30. The van der Waals surface area contributed by atoms with Crippen LogP contribution in [-0.4, -0.2) is 18.8 Å². The zero-order valence-electron chi connectivity index (χ0n) is 9.96. The van der Waals surface area contributed by atoms with Crippen molar-refractivity contribution in [2.24, 2.45) is 5.92 Å². The first-order valence-corrected chi connectivity index (χ1v) is 7.35. The van der Waals surface area contributed by atoms with Crippen molar-refractivity contribution in [2.45, 2.75) is 31.5 Å². The number of rotatable bonds is 3. The van der Waals surface area contributed by atoms with E-state index < -0.39 is 0 Å². The van der Waals surface area contributed by atoms with Gasteiger partial charge in [-0.05, 0) is 47.9 Å². The fraction of sp³-hybridized carbons (Fsp3) is 0.538. The molecule has 0 amide bonds. The highest BCUT2D eigenvalue weighted by molar-refractivity contribution is 14.1. The molecule has 2 bridgehead atoms. The van der Waals surface area contributed by atoms with Crippen LogP contribution in [0.3, 0.4) is 0 Å². The molecule has 3 nitrogen and oxygen atoms in total. The lowest BCUT2D eigenvalue weighted by atomic mass is 9.89. The average molecular weight is 362 g/mol. The zero-order chi connectivity index (χ0) is 12.7. The largest absolute Gasteiger partial charge is 0.397 e. The van der Waals surface area contributed by atoms with Crippen molar-refractivity contribution in [1.82, 2.24) is 0 Å². The predicted molar refractivity (Wildman–Crippen MR) is 78.0 cm³/mol. The Balaban J connectivity index is 1.65. The van der Waals surface area contributed by atoms with Crippen LogP contribution < -0.4 is 11.1 Å². The second-order valence-electron chi connectivity index (χ2n) is 5.10. The van der Waals surface area contributed by atoms with Crippen molar-refractivity contribution >= 4 is 34.0 Å². The Hall–Kier alpha value is -0.560. The standard InChI is InChI=1S/C13H16FIN2O/c14-9-4-12(11(16)5-10(9)15)17-6-7-3-8-1-2-13(7)18-8/h4-5,7-8,13,17H,1-3,6,16H2. The Morgan fingerprint density at radius 1 is 1.44 bits per heavy atom.